The van der Waals surface area contributed by atoms with Gasteiger partial charge in [-0.15, -0.1) is 0 Å². The first-order chi connectivity index (χ1) is 15.9. The largest absolute Gasteiger partial charge is 0.374 e. The molecule has 4 amide bonds. The number of barbiturate groups is 1. The molecule has 0 radical (unpaired) electrons. The molecule has 0 unspecified atom stereocenters. The molecule has 12 heteroatoms. The summed E-state index contributed by atoms with van der Waals surface area (Å²) in [4.78, 5) is 48.6. The number of fused-ring (bicyclic) bond motifs is 5. The molecule has 33 heavy (non-hydrogen) atoms. The Morgan fingerprint density at radius 3 is 2.73 bits per heavy atom. The fraction of sp³-hybridized carbons (Fsp3) is 0.333. The Kier molecular flexibility index (Phi) is 4.23. The van der Waals surface area contributed by atoms with Crippen LogP contribution in [0.2, 0.25) is 5.02 Å². The molecule has 1 aromatic carbocycles. The van der Waals surface area contributed by atoms with Crippen LogP contribution in [0.3, 0.4) is 0 Å². The first-order valence-electron chi connectivity index (χ1n) is 10.3. The summed E-state index contributed by atoms with van der Waals surface area (Å²) in [5.41, 5.74) is 1.05. The Labute approximate surface area is 191 Å². The summed E-state index contributed by atoms with van der Waals surface area (Å²) in [6, 6.07) is 0.297. The topological polar surface area (TPSA) is 140 Å². The summed E-state index contributed by atoms with van der Waals surface area (Å²) in [5.74, 6) is -1.32. The third kappa shape index (κ3) is 2.66. The summed E-state index contributed by atoms with van der Waals surface area (Å²) in [5, 5.41) is 9.59. The predicted molar refractivity (Wildman–Crippen MR) is 114 cm³/mol. The number of rotatable bonds is 1. The molecule has 2 N–H and O–H groups in total. The SMILES string of the molecule is C[C@@H]1OCCN2c3c(cc4c(-c5cnccn5)noc4c3Cl)CC3(C(=O)NC(=O)NC3=O)[C@@H]12. The van der Waals surface area contributed by atoms with Crippen molar-refractivity contribution in [1.29, 1.82) is 0 Å². The highest BCUT2D eigenvalue weighted by Crippen LogP contribution is 2.51. The fourth-order valence-corrected chi connectivity index (χ4v) is 5.63. The molecule has 3 aliphatic heterocycles. The molecular weight excluding hydrogens is 452 g/mol. The molecule has 168 valence electrons. The maximum absolute atomic E-state index is 13.2. The van der Waals surface area contributed by atoms with Crippen LogP contribution in [0.4, 0.5) is 10.5 Å². The molecular formula is C21H17ClN6O5. The molecule has 3 aromatic rings. The summed E-state index contributed by atoms with van der Waals surface area (Å²) >= 11 is 6.84. The van der Waals surface area contributed by atoms with Crippen molar-refractivity contribution < 1.29 is 23.6 Å². The fourth-order valence-electron chi connectivity index (χ4n) is 5.27. The standard InChI is InChI=1S/C21H17ClN6O5/c1-9-17-21(18(29)25-20(31)26-19(21)30)7-10-6-11-14(12-8-23-2-3-24-12)27-33-16(11)13(22)15(10)28(17)4-5-32-9/h2-3,6,8-9,17H,4-5,7H2,1H3,(H2,25,26,29,30,31)/t9-,17+/m0/s1. The number of carbonyl (C=O) groups is 3. The van der Waals surface area contributed by atoms with Crippen molar-refractivity contribution in [2.45, 2.75) is 25.5 Å². The number of aromatic nitrogens is 3. The molecule has 0 saturated carbocycles. The lowest BCUT2D eigenvalue weighted by molar-refractivity contribution is -0.151. The molecule has 11 nitrogen and oxygen atoms in total. The van der Waals surface area contributed by atoms with Gasteiger partial charge in [0.2, 0.25) is 11.8 Å². The third-order valence-corrected chi connectivity index (χ3v) is 6.93. The number of nitrogens with zero attached hydrogens (tertiary/aromatic N) is 4. The van der Waals surface area contributed by atoms with Gasteiger partial charge < -0.3 is 14.2 Å². The maximum atomic E-state index is 13.2. The zero-order valence-corrected chi connectivity index (χ0v) is 18.0. The molecule has 6 rings (SSSR count). The van der Waals surface area contributed by atoms with Gasteiger partial charge in [-0.1, -0.05) is 16.8 Å². The van der Waals surface area contributed by atoms with E-state index in [9.17, 15) is 14.4 Å². The van der Waals surface area contributed by atoms with E-state index >= 15 is 0 Å². The number of urea groups is 1. The zero-order valence-electron chi connectivity index (χ0n) is 17.3. The Morgan fingerprint density at radius 1 is 1.21 bits per heavy atom. The Morgan fingerprint density at radius 2 is 2.00 bits per heavy atom. The van der Waals surface area contributed by atoms with E-state index in [1.165, 1.54) is 6.20 Å². The van der Waals surface area contributed by atoms with Crippen molar-refractivity contribution in [2.24, 2.45) is 5.41 Å². The van der Waals surface area contributed by atoms with E-state index in [1.807, 2.05) is 11.0 Å². The number of anilines is 1. The first kappa shape index (κ1) is 20.1. The number of hydrogen-bond donors (Lipinski definition) is 2. The van der Waals surface area contributed by atoms with E-state index in [-0.39, 0.29) is 6.42 Å². The Hall–Kier alpha value is -3.57. The van der Waals surface area contributed by atoms with E-state index in [1.54, 1.807) is 19.3 Å². The highest BCUT2D eigenvalue weighted by atomic mass is 35.5. The molecule has 2 aromatic heterocycles. The van der Waals surface area contributed by atoms with Crippen LogP contribution in [0.15, 0.2) is 29.2 Å². The van der Waals surface area contributed by atoms with Crippen LogP contribution in [0.1, 0.15) is 12.5 Å². The van der Waals surface area contributed by atoms with Gasteiger partial charge in [0, 0.05) is 18.9 Å². The molecule has 1 spiro atoms. The van der Waals surface area contributed by atoms with Crippen molar-refractivity contribution in [3.63, 3.8) is 0 Å². The second-order valence-electron chi connectivity index (χ2n) is 8.30. The average Bonchev–Trinajstić information content (AvgIpc) is 3.22. The minimum atomic E-state index is -1.58. The van der Waals surface area contributed by atoms with E-state index in [0.717, 1.165) is 0 Å². The average molecular weight is 469 g/mol. The van der Waals surface area contributed by atoms with Crippen molar-refractivity contribution >= 4 is 46.1 Å². The van der Waals surface area contributed by atoms with Gasteiger partial charge in [-0.25, -0.2) is 4.79 Å². The Balaban J connectivity index is 1.60. The lowest BCUT2D eigenvalue weighted by Gasteiger charge is -2.54. The minimum Gasteiger partial charge on any atom is -0.374 e. The summed E-state index contributed by atoms with van der Waals surface area (Å²) in [6.45, 7) is 2.58. The molecule has 2 fully saturated rings. The van der Waals surface area contributed by atoms with Gasteiger partial charge in [-0.3, -0.25) is 30.2 Å². The smallest absolute Gasteiger partial charge is 0.328 e. The van der Waals surface area contributed by atoms with Crippen LogP contribution in [0.5, 0.6) is 0 Å². The van der Waals surface area contributed by atoms with Gasteiger partial charge in [0.15, 0.2) is 11.0 Å². The number of amides is 4. The van der Waals surface area contributed by atoms with Crippen LogP contribution < -0.4 is 15.5 Å². The van der Waals surface area contributed by atoms with Gasteiger partial charge in [-0.05, 0) is 25.0 Å². The highest BCUT2D eigenvalue weighted by Gasteiger charge is 2.62. The maximum Gasteiger partial charge on any atom is 0.328 e. The molecule has 2 saturated heterocycles. The van der Waals surface area contributed by atoms with Crippen LogP contribution >= 0.6 is 11.6 Å². The van der Waals surface area contributed by atoms with E-state index < -0.39 is 35.4 Å². The third-order valence-electron chi connectivity index (χ3n) is 6.58. The number of hydrogen-bond acceptors (Lipinski definition) is 9. The summed E-state index contributed by atoms with van der Waals surface area (Å²) in [7, 11) is 0. The van der Waals surface area contributed by atoms with Gasteiger partial charge in [0.1, 0.15) is 16.4 Å². The number of benzene rings is 1. The first-order valence-corrected chi connectivity index (χ1v) is 10.7. The van der Waals surface area contributed by atoms with Gasteiger partial charge in [0.25, 0.3) is 0 Å². The van der Waals surface area contributed by atoms with Crippen molar-refractivity contribution in [3.8, 4) is 11.4 Å². The molecule has 0 aliphatic carbocycles. The second-order valence-corrected chi connectivity index (χ2v) is 8.67. The monoisotopic (exact) mass is 468 g/mol. The van der Waals surface area contributed by atoms with Crippen LogP contribution in [-0.2, 0) is 20.7 Å². The van der Waals surface area contributed by atoms with Crippen LogP contribution in [-0.4, -0.2) is 58.3 Å². The second kappa shape index (κ2) is 6.96. The van der Waals surface area contributed by atoms with Gasteiger partial charge >= 0.3 is 6.03 Å². The normalized spacial score (nSPS) is 23.8. The molecule has 3 aliphatic rings. The number of halogens is 1. The number of nitrogens with one attached hydrogen (secondary N) is 2. The van der Waals surface area contributed by atoms with Crippen LogP contribution in [0, 0.1) is 5.41 Å². The number of morpholine rings is 1. The Bertz CT molecular complexity index is 1320. The van der Waals surface area contributed by atoms with Gasteiger partial charge in [0.05, 0.1) is 36.0 Å². The summed E-state index contributed by atoms with van der Waals surface area (Å²) in [6.07, 6.45) is 4.18. The highest BCUT2D eigenvalue weighted by molar-refractivity contribution is 6.38. The van der Waals surface area contributed by atoms with Gasteiger partial charge in [-0.2, -0.15) is 0 Å². The minimum absolute atomic E-state index is 0.0168. The van der Waals surface area contributed by atoms with Crippen LogP contribution in [0.25, 0.3) is 22.4 Å². The number of carbonyl (C=O) groups excluding carboxylic acids is 3. The number of ether oxygens (including phenoxy) is 1. The van der Waals surface area contributed by atoms with Crippen molar-refractivity contribution in [1.82, 2.24) is 25.8 Å². The molecule has 5 heterocycles. The molecule has 0 bridgehead atoms. The predicted octanol–water partition coefficient (Wildman–Crippen LogP) is 1.44. The lowest BCUT2D eigenvalue weighted by Crippen LogP contribution is -2.74. The van der Waals surface area contributed by atoms with E-state index in [0.29, 0.717) is 51.8 Å². The summed E-state index contributed by atoms with van der Waals surface area (Å²) < 4.78 is 11.4. The quantitative estimate of drug-likeness (QED) is 0.507. The number of imide groups is 2. The van der Waals surface area contributed by atoms with Crippen molar-refractivity contribution in [2.75, 3.05) is 18.1 Å². The van der Waals surface area contributed by atoms with Crippen molar-refractivity contribution in [3.05, 3.63) is 35.2 Å². The lowest BCUT2D eigenvalue weighted by atomic mass is 9.66. The molecule has 2 atom stereocenters. The zero-order chi connectivity index (χ0) is 22.9. The van der Waals surface area contributed by atoms with E-state index in [2.05, 4.69) is 25.8 Å². The van der Waals surface area contributed by atoms with E-state index in [4.69, 9.17) is 20.9 Å².